The van der Waals surface area contributed by atoms with Gasteiger partial charge in [-0.3, -0.25) is 0 Å². The van der Waals surface area contributed by atoms with Gasteiger partial charge < -0.3 is 14.6 Å². The van der Waals surface area contributed by atoms with Crippen LogP contribution >= 0.6 is 0 Å². The fourth-order valence-corrected chi connectivity index (χ4v) is 1.66. The Bertz CT molecular complexity index is 423. The maximum Gasteiger partial charge on any atom is 0.339 e. The molecule has 0 radical (unpaired) electrons. The molecule has 1 aromatic rings. The van der Waals surface area contributed by atoms with Crippen molar-refractivity contribution in [2.75, 3.05) is 13.2 Å². The van der Waals surface area contributed by atoms with E-state index < -0.39 is 5.97 Å². The molecule has 0 bridgehead atoms. The molecule has 0 aliphatic carbocycles. The van der Waals surface area contributed by atoms with Gasteiger partial charge in [0.05, 0.1) is 0 Å². The predicted molar refractivity (Wildman–Crippen MR) is 53.9 cm³/mol. The lowest BCUT2D eigenvalue weighted by Crippen LogP contribution is -2.19. The standard InChI is InChI=1S/C11H12O4/c1-6-5-8-10(15-4-3-14-8)9(7(6)2)11(12)13/h5H,3-4H2,1-2H3,(H,12,13). The number of carbonyl (C=O) groups is 1. The Hall–Kier alpha value is -1.71. The molecule has 80 valence electrons. The van der Waals surface area contributed by atoms with Gasteiger partial charge in [0.25, 0.3) is 0 Å². The van der Waals surface area contributed by atoms with Crippen LogP contribution in [0, 0.1) is 13.8 Å². The SMILES string of the molecule is Cc1cc2c(c(C(=O)O)c1C)OCCO2. The number of carboxylic acid groups (broad SMARTS) is 1. The first-order valence-corrected chi connectivity index (χ1v) is 4.74. The second kappa shape index (κ2) is 3.46. The first-order chi connectivity index (χ1) is 7.11. The second-order valence-electron chi connectivity index (χ2n) is 3.52. The molecule has 1 heterocycles. The molecular formula is C11H12O4. The molecule has 0 fully saturated rings. The lowest BCUT2D eigenvalue weighted by Gasteiger charge is -2.22. The van der Waals surface area contributed by atoms with Gasteiger partial charge in [0.1, 0.15) is 18.8 Å². The van der Waals surface area contributed by atoms with Gasteiger partial charge in [0.2, 0.25) is 0 Å². The lowest BCUT2D eigenvalue weighted by molar-refractivity contribution is 0.0685. The fraction of sp³-hybridized carbons (Fsp3) is 0.364. The van der Waals surface area contributed by atoms with Crippen molar-refractivity contribution >= 4 is 5.97 Å². The highest BCUT2D eigenvalue weighted by atomic mass is 16.6. The molecule has 1 aliphatic rings. The number of aryl methyl sites for hydroxylation is 1. The summed E-state index contributed by atoms with van der Waals surface area (Å²) in [4.78, 5) is 11.1. The van der Waals surface area contributed by atoms with Gasteiger partial charge in [-0.25, -0.2) is 4.79 Å². The summed E-state index contributed by atoms with van der Waals surface area (Å²) < 4.78 is 10.7. The average Bonchev–Trinajstić information content (AvgIpc) is 2.19. The van der Waals surface area contributed by atoms with Crippen LogP contribution in [0.3, 0.4) is 0 Å². The second-order valence-corrected chi connectivity index (χ2v) is 3.52. The predicted octanol–water partition coefficient (Wildman–Crippen LogP) is 1.77. The Morgan fingerprint density at radius 3 is 2.67 bits per heavy atom. The van der Waals surface area contributed by atoms with Crippen LogP contribution in [0.25, 0.3) is 0 Å². The first kappa shape index (κ1) is 9.83. The van der Waals surface area contributed by atoms with Crippen LogP contribution in [0.15, 0.2) is 6.07 Å². The van der Waals surface area contributed by atoms with Crippen molar-refractivity contribution in [1.82, 2.24) is 0 Å². The Balaban J connectivity index is 2.68. The summed E-state index contributed by atoms with van der Waals surface area (Å²) in [7, 11) is 0. The summed E-state index contributed by atoms with van der Waals surface area (Å²) in [5.74, 6) is -0.0865. The third-order valence-electron chi connectivity index (χ3n) is 2.57. The molecule has 15 heavy (non-hydrogen) atoms. The summed E-state index contributed by atoms with van der Waals surface area (Å²) in [5.41, 5.74) is 1.84. The maximum atomic E-state index is 11.1. The van der Waals surface area contributed by atoms with Crippen molar-refractivity contribution in [3.63, 3.8) is 0 Å². The first-order valence-electron chi connectivity index (χ1n) is 4.74. The zero-order valence-corrected chi connectivity index (χ0v) is 8.66. The number of hydrogen-bond donors (Lipinski definition) is 1. The van der Waals surface area contributed by atoms with Crippen LogP contribution in [0.2, 0.25) is 0 Å². The Labute approximate surface area is 87.4 Å². The van der Waals surface area contributed by atoms with Crippen LogP contribution in [-0.2, 0) is 0 Å². The molecule has 1 N–H and O–H groups in total. The number of ether oxygens (including phenoxy) is 2. The highest BCUT2D eigenvalue weighted by Crippen LogP contribution is 2.37. The highest BCUT2D eigenvalue weighted by Gasteiger charge is 2.23. The van der Waals surface area contributed by atoms with Gasteiger partial charge in [-0.15, -0.1) is 0 Å². The molecule has 0 amide bonds. The summed E-state index contributed by atoms with van der Waals surface area (Å²) >= 11 is 0. The minimum absolute atomic E-state index is 0.213. The average molecular weight is 208 g/mol. The molecular weight excluding hydrogens is 196 g/mol. The van der Waals surface area contributed by atoms with Crippen LogP contribution in [0.4, 0.5) is 0 Å². The molecule has 0 atom stereocenters. The Morgan fingerprint density at radius 1 is 1.33 bits per heavy atom. The topological polar surface area (TPSA) is 55.8 Å². The largest absolute Gasteiger partial charge is 0.486 e. The number of benzene rings is 1. The fourth-order valence-electron chi connectivity index (χ4n) is 1.66. The van der Waals surface area contributed by atoms with Crippen LogP contribution in [0.1, 0.15) is 21.5 Å². The lowest BCUT2D eigenvalue weighted by atomic mass is 10.0. The molecule has 0 saturated heterocycles. The summed E-state index contributed by atoms with van der Waals surface area (Å²) in [6, 6.07) is 1.82. The zero-order valence-electron chi connectivity index (χ0n) is 8.66. The number of hydrogen-bond acceptors (Lipinski definition) is 3. The Morgan fingerprint density at radius 2 is 2.00 bits per heavy atom. The van der Waals surface area contributed by atoms with Gasteiger partial charge in [-0.2, -0.15) is 0 Å². The molecule has 0 unspecified atom stereocenters. The van der Waals surface area contributed by atoms with E-state index in [4.69, 9.17) is 14.6 Å². The summed E-state index contributed by atoms with van der Waals surface area (Å²) in [5, 5.41) is 9.11. The molecule has 1 aliphatic heterocycles. The van der Waals surface area contributed by atoms with Gasteiger partial charge >= 0.3 is 5.97 Å². The number of fused-ring (bicyclic) bond motifs is 1. The van der Waals surface area contributed by atoms with E-state index in [-0.39, 0.29) is 5.56 Å². The van der Waals surface area contributed by atoms with Crippen molar-refractivity contribution in [2.24, 2.45) is 0 Å². The van der Waals surface area contributed by atoms with Gasteiger partial charge in [-0.1, -0.05) is 0 Å². The van der Waals surface area contributed by atoms with Gasteiger partial charge in [0.15, 0.2) is 11.5 Å². The smallest absolute Gasteiger partial charge is 0.339 e. The van der Waals surface area contributed by atoms with Crippen LogP contribution in [-0.4, -0.2) is 24.3 Å². The third kappa shape index (κ3) is 1.52. The van der Waals surface area contributed by atoms with Crippen molar-refractivity contribution in [3.8, 4) is 11.5 Å². The minimum atomic E-state index is -0.974. The maximum absolute atomic E-state index is 11.1. The number of rotatable bonds is 1. The Kier molecular flexibility index (Phi) is 2.26. The summed E-state index contributed by atoms with van der Waals surface area (Å²) in [6.07, 6.45) is 0. The van der Waals surface area contributed by atoms with Gasteiger partial charge in [0, 0.05) is 0 Å². The van der Waals surface area contributed by atoms with Crippen LogP contribution in [0.5, 0.6) is 11.5 Å². The third-order valence-corrected chi connectivity index (χ3v) is 2.57. The molecule has 1 aromatic carbocycles. The van der Waals surface area contributed by atoms with E-state index in [1.54, 1.807) is 6.92 Å². The van der Waals surface area contributed by atoms with Crippen molar-refractivity contribution < 1.29 is 19.4 Å². The quantitative estimate of drug-likeness (QED) is 0.764. The van der Waals surface area contributed by atoms with E-state index in [0.29, 0.717) is 24.7 Å². The molecule has 0 saturated carbocycles. The van der Waals surface area contributed by atoms with E-state index in [0.717, 1.165) is 11.1 Å². The molecule has 4 heteroatoms. The van der Waals surface area contributed by atoms with E-state index in [1.807, 2.05) is 13.0 Å². The van der Waals surface area contributed by atoms with Crippen molar-refractivity contribution in [2.45, 2.75) is 13.8 Å². The van der Waals surface area contributed by atoms with E-state index >= 15 is 0 Å². The van der Waals surface area contributed by atoms with Crippen molar-refractivity contribution in [3.05, 3.63) is 22.8 Å². The van der Waals surface area contributed by atoms with E-state index in [1.165, 1.54) is 0 Å². The van der Waals surface area contributed by atoms with Crippen LogP contribution < -0.4 is 9.47 Å². The minimum Gasteiger partial charge on any atom is -0.486 e. The molecule has 2 rings (SSSR count). The number of aromatic carboxylic acids is 1. The van der Waals surface area contributed by atoms with E-state index in [9.17, 15) is 4.79 Å². The molecule has 0 aromatic heterocycles. The monoisotopic (exact) mass is 208 g/mol. The number of carboxylic acids is 1. The van der Waals surface area contributed by atoms with E-state index in [2.05, 4.69) is 0 Å². The highest BCUT2D eigenvalue weighted by molar-refractivity contribution is 5.94. The summed E-state index contributed by atoms with van der Waals surface area (Å²) in [6.45, 7) is 4.50. The van der Waals surface area contributed by atoms with Gasteiger partial charge in [-0.05, 0) is 31.0 Å². The zero-order chi connectivity index (χ0) is 11.0. The van der Waals surface area contributed by atoms with Crippen molar-refractivity contribution in [1.29, 1.82) is 0 Å². The normalized spacial score (nSPS) is 13.7. The molecule has 4 nitrogen and oxygen atoms in total. The molecule has 0 spiro atoms.